The first-order valence-electron chi connectivity index (χ1n) is 6.59. The van der Waals surface area contributed by atoms with Crippen molar-refractivity contribution in [3.05, 3.63) is 66.7 Å². The van der Waals surface area contributed by atoms with E-state index in [9.17, 15) is 0 Å². The number of nitrogen functional groups attached to an aromatic ring is 1. The number of hydrogen-bond acceptors (Lipinski definition) is 2. The molecule has 2 heteroatoms. The van der Waals surface area contributed by atoms with Crippen LogP contribution >= 0.6 is 0 Å². The van der Waals surface area contributed by atoms with Crippen molar-refractivity contribution in [2.24, 2.45) is 0 Å². The Hall–Kier alpha value is -2.74. The van der Waals surface area contributed by atoms with E-state index in [0.29, 0.717) is 0 Å². The molecular formula is C18H13NO. The van der Waals surface area contributed by atoms with Crippen LogP contribution in [0, 0.1) is 0 Å². The summed E-state index contributed by atoms with van der Waals surface area (Å²) in [6.45, 7) is 0. The Bertz CT molecular complexity index is 907. The predicted molar refractivity (Wildman–Crippen MR) is 83.6 cm³/mol. The highest BCUT2D eigenvalue weighted by atomic mass is 16.3. The van der Waals surface area contributed by atoms with Gasteiger partial charge >= 0.3 is 0 Å². The van der Waals surface area contributed by atoms with Crippen LogP contribution < -0.4 is 5.73 Å². The number of hydrogen-bond donors (Lipinski definition) is 1. The summed E-state index contributed by atoms with van der Waals surface area (Å²) in [5.41, 5.74) is 10.7. The molecule has 0 aliphatic rings. The fourth-order valence-corrected chi connectivity index (χ4v) is 2.70. The average molecular weight is 259 g/mol. The summed E-state index contributed by atoms with van der Waals surface area (Å²) >= 11 is 0. The largest absolute Gasteiger partial charge is 0.456 e. The van der Waals surface area contributed by atoms with Crippen molar-refractivity contribution in [3.8, 4) is 11.1 Å². The fraction of sp³-hybridized carbons (Fsp3) is 0. The number of furan rings is 1. The predicted octanol–water partition coefficient (Wildman–Crippen LogP) is 4.84. The molecule has 3 aromatic carbocycles. The first-order chi connectivity index (χ1) is 9.83. The zero-order chi connectivity index (χ0) is 13.5. The Morgan fingerprint density at radius 2 is 1.60 bits per heavy atom. The van der Waals surface area contributed by atoms with Crippen molar-refractivity contribution in [2.45, 2.75) is 0 Å². The molecule has 0 saturated carbocycles. The highest BCUT2D eigenvalue weighted by Gasteiger charge is 2.11. The molecule has 0 bridgehead atoms. The van der Waals surface area contributed by atoms with E-state index < -0.39 is 0 Å². The van der Waals surface area contributed by atoms with Crippen LogP contribution in [0.5, 0.6) is 0 Å². The molecule has 1 heterocycles. The SMILES string of the molecule is Nc1ccc2c(c1)oc1cccc(-c3ccccc3)c12. The van der Waals surface area contributed by atoms with Gasteiger partial charge < -0.3 is 10.2 Å². The molecule has 1 aromatic heterocycles. The third-order valence-electron chi connectivity index (χ3n) is 3.61. The first-order valence-corrected chi connectivity index (χ1v) is 6.59. The summed E-state index contributed by atoms with van der Waals surface area (Å²) in [7, 11) is 0. The molecule has 4 rings (SSSR count). The molecule has 96 valence electrons. The molecule has 4 aromatic rings. The topological polar surface area (TPSA) is 39.2 Å². The molecule has 0 atom stereocenters. The van der Waals surface area contributed by atoms with Gasteiger partial charge in [-0.2, -0.15) is 0 Å². The minimum Gasteiger partial charge on any atom is -0.456 e. The van der Waals surface area contributed by atoms with Gasteiger partial charge in [-0.05, 0) is 29.3 Å². The normalized spacial score (nSPS) is 11.2. The number of anilines is 1. The van der Waals surface area contributed by atoms with Gasteiger partial charge in [0.25, 0.3) is 0 Å². The lowest BCUT2D eigenvalue weighted by Gasteiger charge is -2.03. The number of nitrogens with two attached hydrogens (primary N) is 1. The molecule has 2 N–H and O–H groups in total. The molecule has 0 saturated heterocycles. The smallest absolute Gasteiger partial charge is 0.137 e. The first kappa shape index (κ1) is 11.1. The van der Waals surface area contributed by atoms with Crippen molar-refractivity contribution in [1.29, 1.82) is 0 Å². The second kappa shape index (κ2) is 4.14. The summed E-state index contributed by atoms with van der Waals surface area (Å²) in [6.07, 6.45) is 0. The highest BCUT2D eigenvalue weighted by Crippen LogP contribution is 2.36. The quantitative estimate of drug-likeness (QED) is 0.497. The molecule has 0 aliphatic carbocycles. The lowest BCUT2D eigenvalue weighted by atomic mass is 9.99. The van der Waals surface area contributed by atoms with E-state index in [1.54, 1.807) is 0 Å². The zero-order valence-electron chi connectivity index (χ0n) is 10.8. The van der Waals surface area contributed by atoms with Gasteiger partial charge in [0.05, 0.1) is 0 Å². The van der Waals surface area contributed by atoms with Gasteiger partial charge in [-0.3, -0.25) is 0 Å². The van der Waals surface area contributed by atoms with Crippen molar-refractivity contribution in [2.75, 3.05) is 5.73 Å². The van der Waals surface area contributed by atoms with Crippen LogP contribution in [0.25, 0.3) is 33.1 Å². The standard InChI is InChI=1S/C18H13NO/c19-13-9-10-15-17(11-13)20-16-8-4-7-14(18(15)16)12-5-2-1-3-6-12/h1-11H,19H2. The van der Waals surface area contributed by atoms with Gasteiger partial charge in [0.1, 0.15) is 11.2 Å². The van der Waals surface area contributed by atoms with Gasteiger partial charge in [0.2, 0.25) is 0 Å². The van der Waals surface area contributed by atoms with Gasteiger partial charge in [0.15, 0.2) is 0 Å². The van der Waals surface area contributed by atoms with Crippen molar-refractivity contribution >= 4 is 27.6 Å². The van der Waals surface area contributed by atoms with Crippen molar-refractivity contribution in [1.82, 2.24) is 0 Å². The summed E-state index contributed by atoms with van der Waals surface area (Å²) in [5, 5.41) is 2.25. The second-order valence-electron chi connectivity index (χ2n) is 4.90. The van der Waals surface area contributed by atoms with E-state index in [-0.39, 0.29) is 0 Å². The molecular weight excluding hydrogens is 246 g/mol. The van der Waals surface area contributed by atoms with E-state index in [2.05, 4.69) is 30.3 Å². The summed E-state index contributed by atoms with van der Waals surface area (Å²) in [4.78, 5) is 0. The molecule has 0 unspecified atom stereocenters. The van der Waals surface area contributed by atoms with Crippen molar-refractivity contribution < 1.29 is 4.42 Å². The average Bonchev–Trinajstić information content (AvgIpc) is 2.85. The molecule has 0 radical (unpaired) electrons. The second-order valence-corrected chi connectivity index (χ2v) is 4.90. The lowest BCUT2D eigenvalue weighted by molar-refractivity contribution is 0.669. The highest BCUT2D eigenvalue weighted by molar-refractivity contribution is 6.12. The van der Waals surface area contributed by atoms with E-state index in [4.69, 9.17) is 10.2 Å². The monoisotopic (exact) mass is 259 g/mol. The van der Waals surface area contributed by atoms with Crippen LogP contribution in [0.15, 0.2) is 71.1 Å². The van der Waals surface area contributed by atoms with Gasteiger partial charge in [-0.1, -0.05) is 42.5 Å². The maximum absolute atomic E-state index is 5.92. The maximum atomic E-state index is 5.92. The van der Waals surface area contributed by atoms with E-state index in [0.717, 1.165) is 27.6 Å². The minimum atomic E-state index is 0.720. The van der Waals surface area contributed by atoms with E-state index in [1.165, 1.54) is 11.1 Å². The Morgan fingerprint density at radius 1 is 0.750 bits per heavy atom. The van der Waals surface area contributed by atoms with Gasteiger partial charge in [-0.15, -0.1) is 0 Å². The fourth-order valence-electron chi connectivity index (χ4n) is 2.70. The van der Waals surface area contributed by atoms with Crippen LogP contribution in [0.2, 0.25) is 0 Å². The molecule has 0 fully saturated rings. The summed E-state index contributed by atoms with van der Waals surface area (Å²) < 4.78 is 5.92. The van der Waals surface area contributed by atoms with Crippen LogP contribution in [-0.4, -0.2) is 0 Å². The Morgan fingerprint density at radius 3 is 2.45 bits per heavy atom. The molecule has 2 nitrogen and oxygen atoms in total. The molecule has 0 aliphatic heterocycles. The summed E-state index contributed by atoms with van der Waals surface area (Å²) in [5.74, 6) is 0. The van der Waals surface area contributed by atoms with Gasteiger partial charge in [-0.25, -0.2) is 0 Å². The summed E-state index contributed by atoms with van der Waals surface area (Å²) in [6, 6.07) is 22.3. The number of benzene rings is 3. The third kappa shape index (κ3) is 1.58. The number of rotatable bonds is 1. The Kier molecular flexibility index (Phi) is 2.30. The minimum absolute atomic E-state index is 0.720. The van der Waals surface area contributed by atoms with Crippen LogP contribution in [0.3, 0.4) is 0 Å². The van der Waals surface area contributed by atoms with E-state index >= 15 is 0 Å². The molecule has 20 heavy (non-hydrogen) atoms. The number of fused-ring (bicyclic) bond motifs is 3. The molecule has 0 amide bonds. The van der Waals surface area contributed by atoms with Gasteiger partial charge in [0, 0.05) is 22.5 Å². The van der Waals surface area contributed by atoms with Crippen LogP contribution in [0.4, 0.5) is 5.69 Å². The Labute approximate surface area is 116 Å². The van der Waals surface area contributed by atoms with E-state index in [1.807, 2.05) is 36.4 Å². The van der Waals surface area contributed by atoms with Crippen molar-refractivity contribution in [3.63, 3.8) is 0 Å². The van der Waals surface area contributed by atoms with Crippen LogP contribution in [0.1, 0.15) is 0 Å². The molecule has 0 spiro atoms. The maximum Gasteiger partial charge on any atom is 0.137 e. The zero-order valence-corrected chi connectivity index (χ0v) is 10.8. The van der Waals surface area contributed by atoms with Crippen LogP contribution in [-0.2, 0) is 0 Å². The lowest BCUT2D eigenvalue weighted by Crippen LogP contribution is -1.82. The third-order valence-corrected chi connectivity index (χ3v) is 3.61. The Balaban J connectivity index is 2.14.